The molecule has 0 saturated heterocycles. The molecule has 7 heavy (non-hydrogen) atoms. The van der Waals surface area contributed by atoms with E-state index in [9.17, 15) is 13.2 Å². The molecule has 0 N–H and O–H groups in total. The fourth-order valence-electron chi connectivity index (χ4n) is 0.0476. The van der Waals surface area contributed by atoms with E-state index >= 15 is 0 Å². The van der Waals surface area contributed by atoms with Crippen molar-refractivity contribution in [3.63, 3.8) is 0 Å². The van der Waals surface area contributed by atoms with Crippen LogP contribution in [0.15, 0.2) is 9.91 Å². The summed E-state index contributed by atoms with van der Waals surface area (Å²) in [6, 6.07) is 0. The molecule has 0 nitrogen and oxygen atoms in total. The van der Waals surface area contributed by atoms with Gasteiger partial charge in [0.05, 0.1) is 0 Å². The highest BCUT2D eigenvalue weighted by Gasteiger charge is 2.06. The minimum Gasteiger partial charge on any atom is -0.205 e. The molecule has 0 saturated carbocycles. The highest BCUT2D eigenvalue weighted by molar-refractivity contribution is 14.1. The SMILES string of the molecule is FC(=CI)C(F)F. The third-order valence-corrected chi connectivity index (χ3v) is 0.908. The van der Waals surface area contributed by atoms with E-state index in [1.54, 1.807) is 0 Å². The van der Waals surface area contributed by atoms with Crippen molar-refractivity contribution in [3.05, 3.63) is 9.91 Å². The van der Waals surface area contributed by atoms with E-state index in [4.69, 9.17) is 0 Å². The van der Waals surface area contributed by atoms with Gasteiger partial charge in [0.15, 0.2) is 5.83 Å². The Morgan fingerprint density at radius 1 is 1.57 bits per heavy atom. The van der Waals surface area contributed by atoms with Gasteiger partial charge in [-0.3, -0.25) is 0 Å². The van der Waals surface area contributed by atoms with Gasteiger partial charge in [0.25, 0.3) is 6.43 Å². The van der Waals surface area contributed by atoms with E-state index in [1.165, 1.54) is 22.6 Å². The molecular formula is C3H2F3I. The van der Waals surface area contributed by atoms with Crippen LogP contribution in [-0.2, 0) is 0 Å². The Hall–Kier alpha value is 0.260. The van der Waals surface area contributed by atoms with Gasteiger partial charge in [0, 0.05) is 4.08 Å². The number of hydrogen-bond acceptors (Lipinski definition) is 0. The molecule has 0 bridgehead atoms. The summed E-state index contributed by atoms with van der Waals surface area (Å²) in [4.78, 5) is 0. The van der Waals surface area contributed by atoms with Crippen molar-refractivity contribution in [1.29, 1.82) is 0 Å². The molecule has 0 atom stereocenters. The highest BCUT2D eigenvalue weighted by atomic mass is 127. The van der Waals surface area contributed by atoms with Crippen LogP contribution in [-0.4, -0.2) is 6.43 Å². The van der Waals surface area contributed by atoms with Crippen LogP contribution in [0.5, 0.6) is 0 Å². The van der Waals surface area contributed by atoms with E-state index in [1.807, 2.05) is 0 Å². The molecule has 0 spiro atoms. The van der Waals surface area contributed by atoms with Crippen molar-refractivity contribution >= 4 is 22.6 Å². The van der Waals surface area contributed by atoms with Gasteiger partial charge < -0.3 is 0 Å². The number of allylic oxidation sites excluding steroid dienone is 1. The molecule has 0 heterocycles. The molecule has 4 heteroatoms. The summed E-state index contributed by atoms with van der Waals surface area (Å²) in [6.07, 6.45) is -2.95. The van der Waals surface area contributed by atoms with Gasteiger partial charge >= 0.3 is 0 Å². The lowest BCUT2D eigenvalue weighted by Crippen LogP contribution is -1.86. The topological polar surface area (TPSA) is 0 Å². The van der Waals surface area contributed by atoms with Crippen molar-refractivity contribution in [2.75, 3.05) is 0 Å². The average Bonchev–Trinajstić information content (AvgIpc) is 1.65. The predicted molar refractivity (Wildman–Crippen MR) is 29.2 cm³/mol. The molecule has 0 rings (SSSR count). The van der Waals surface area contributed by atoms with E-state index in [0.29, 0.717) is 4.08 Å². The molecule has 0 aromatic rings. The lowest BCUT2D eigenvalue weighted by Gasteiger charge is -1.86. The maximum absolute atomic E-state index is 11.4. The lowest BCUT2D eigenvalue weighted by atomic mass is 10.6. The standard InChI is InChI=1S/C3H2F3I/c4-2(1-7)3(5)6/h1,3H. The molecule has 0 aliphatic carbocycles. The first-order valence-electron chi connectivity index (χ1n) is 1.42. The molecule has 0 aromatic carbocycles. The van der Waals surface area contributed by atoms with Crippen LogP contribution in [0.4, 0.5) is 13.2 Å². The normalized spacial score (nSPS) is 13.0. The van der Waals surface area contributed by atoms with Gasteiger partial charge in [0.1, 0.15) is 0 Å². The van der Waals surface area contributed by atoms with E-state index in [2.05, 4.69) is 0 Å². The van der Waals surface area contributed by atoms with Crippen LogP contribution >= 0.6 is 22.6 Å². The van der Waals surface area contributed by atoms with Gasteiger partial charge in [-0.15, -0.1) is 0 Å². The molecular weight excluding hydrogens is 220 g/mol. The van der Waals surface area contributed by atoms with Gasteiger partial charge in [-0.25, -0.2) is 13.2 Å². The van der Waals surface area contributed by atoms with Gasteiger partial charge in [0.2, 0.25) is 0 Å². The van der Waals surface area contributed by atoms with E-state index < -0.39 is 12.3 Å². The second-order valence-corrected chi connectivity index (χ2v) is 1.42. The second-order valence-electron chi connectivity index (χ2n) is 0.795. The first-order chi connectivity index (χ1) is 3.18. The largest absolute Gasteiger partial charge is 0.289 e. The Labute approximate surface area is 52.5 Å². The maximum Gasteiger partial charge on any atom is 0.289 e. The van der Waals surface area contributed by atoms with Crippen molar-refractivity contribution in [3.8, 4) is 0 Å². The molecule has 42 valence electrons. The molecule has 0 aliphatic heterocycles. The number of hydrogen-bond donors (Lipinski definition) is 0. The Bertz CT molecular complexity index is 78.2. The molecule has 0 aromatic heterocycles. The summed E-state index contributed by atoms with van der Waals surface area (Å²) in [5.74, 6) is -1.37. The minimum absolute atomic E-state index is 0.711. The van der Waals surface area contributed by atoms with E-state index in [0.717, 1.165) is 0 Å². The summed E-state index contributed by atoms with van der Waals surface area (Å²) in [6.45, 7) is 0. The summed E-state index contributed by atoms with van der Waals surface area (Å²) in [5, 5.41) is 0. The maximum atomic E-state index is 11.4. The van der Waals surface area contributed by atoms with Crippen LogP contribution in [0.1, 0.15) is 0 Å². The highest BCUT2D eigenvalue weighted by Crippen LogP contribution is 2.10. The summed E-state index contributed by atoms with van der Waals surface area (Å²) >= 11 is 1.41. The smallest absolute Gasteiger partial charge is 0.205 e. The molecule has 0 amide bonds. The Morgan fingerprint density at radius 2 is 2.00 bits per heavy atom. The van der Waals surface area contributed by atoms with Crippen LogP contribution < -0.4 is 0 Å². The summed E-state index contributed by atoms with van der Waals surface area (Å²) in [7, 11) is 0. The Balaban J connectivity index is 3.56. The number of alkyl halides is 2. The third kappa shape index (κ3) is 2.90. The predicted octanol–water partition coefficient (Wildman–Crippen LogP) is 2.50. The lowest BCUT2D eigenvalue weighted by molar-refractivity contribution is 0.160. The quantitative estimate of drug-likeness (QED) is 0.598. The zero-order valence-corrected chi connectivity index (χ0v) is 5.32. The third-order valence-electron chi connectivity index (χ3n) is 0.313. The first-order valence-corrected chi connectivity index (χ1v) is 2.67. The van der Waals surface area contributed by atoms with Gasteiger partial charge in [-0.2, -0.15) is 0 Å². The van der Waals surface area contributed by atoms with Crippen molar-refractivity contribution in [2.45, 2.75) is 6.43 Å². The van der Waals surface area contributed by atoms with Crippen molar-refractivity contribution < 1.29 is 13.2 Å². The minimum atomic E-state index is -2.95. The molecule has 0 fully saturated rings. The molecule has 0 radical (unpaired) electrons. The van der Waals surface area contributed by atoms with Crippen LogP contribution in [0.25, 0.3) is 0 Å². The zero-order chi connectivity index (χ0) is 5.86. The second kappa shape index (κ2) is 3.29. The summed E-state index contributed by atoms with van der Waals surface area (Å²) in [5.41, 5.74) is 0. The zero-order valence-electron chi connectivity index (χ0n) is 3.17. The number of rotatable bonds is 1. The molecule has 0 unspecified atom stereocenters. The Kier molecular flexibility index (Phi) is 3.41. The van der Waals surface area contributed by atoms with E-state index in [-0.39, 0.29) is 0 Å². The van der Waals surface area contributed by atoms with Gasteiger partial charge in [-0.1, -0.05) is 0 Å². The van der Waals surface area contributed by atoms with Gasteiger partial charge in [-0.05, 0) is 22.6 Å². The average molecular weight is 222 g/mol. The molecule has 0 aliphatic rings. The fraction of sp³-hybridized carbons (Fsp3) is 0.333. The monoisotopic (exact) mass is 222 g/mol. The summed E-state index contributed by atoms with van der Waals surface area (Å²) < 4.78 is 34.0. The van der Waals surface area contributed by atoms with Crippen LogP contribution in [0.2, 0.25) is 0 Å². The Morgan fingerprint density at radius 3 is 2.00 bits per heavy atom. The van der Waals surface area contributed by atoms with Crippen molar-refractivity contribution in [2.24, 2.45) is 0 Å². The van der Waals surface area contributed by atoms with Crippen LogP contribution in [0, 0.1) is 0 Å². The van der Waals surface area contributed by atoms with Crippen molar-refractivity contribution in [1.82, 2.24) is 0 Å². The first kappa shape index (κ1) is 7.26. The fourth-order valence-corrected chi connectivity index (χ4v) is 0.319. The number of halogens is 4. The van der Waals surface area contributed by atoms with Crippen LogP contribution in [0.3, 0.4) is 0 Å².